The second kappa shape index (κ2) is 7.74. The Labute approximate surface area is 173 Å². The number of halogens is 1. The molecular weight excluding hydrogens is 388 g/mol. The molecule has 1 aromatic heterocycles. The van der Waals surface area contributed by atoms with E-state index in [-0.39, 0.29) is 5.91 Å². The lowest BCUT2D eigenvalue weighted by molar-refractivity contribution is 0.0985. The van der Waals surface area contributed by atoms with Crippen molar-refractivity contribution in [3.63, 3.8) is 0 Å². The average molecular weight is 407 g/mol. The van der Waals surface area contributed by atoms with Gasteiger partial charge in [-0.1, -0.05) is 59.3 Å². The van der Waals surface area contributed by atoms with Gasteiger partial charge in [0, 0.05) is 10.6 Å². The first-order chi connectivity index (χ1) is 13.5. The van der Waals surface area contributed by atoms with Gasteiger partial charge in [-0.15, -0.1) is 0 Å². The first-order valence-electron chi connectivity index (χ1n) is 9.00. The molecule has 3 nitrogen and oxygen atoms in total. The lowest BCUT2D eigenvalue weighted by atomic mass is 10.1. The molecule has 3 aromatic carbocycles. The number of nitrogens with zero attached hydrogens (tertiary/aromatic N) is 2. The highest BCUT2D eigenvalue weighted by atomic mass is 35.5. The van der Waals surface area contributed by atoms with Crippen molar-refractivity contribution < 1.29 is 4.79 Å². The third-order valence-corrected chi connectivity index (χ3v) is 6.04. The molecule has 0 bridgehead atoms. The first kappa shape index (κ1) is 18.7. The molecule has 5 heteroatoms. The maximum atomic E-state index is 13.3. The molecule has 140 valence electrons. The van der Waals surface area contributed by atoms with E-state index in [1.807, 2.05) is 30.3 Å². The van der Waals surface area contributed by atoms with Crippen molar-refractivity contribution in [2.75, 3.05) is 4.90 Å². The number of hydrogen-bond donors (Lipinski definition) is 0. The third-order valence-electron chi connectivity index (χ3n) is 4.56. The van der Waals surface area contributed by atoms with Crippen LogP contribution in [0.4, 0.5) is 5.13 Å². The number of rotatable bonds is 4. The number of fused-ring (bicyclic) bond motifs is 1. The molecule has 0 saturated carbocycles. The molecule has 0 unspecified atom stereocenters. The largest absolute Gasteiger partial charge is 0.279 e. The fraction of sp³-hybridized carbons (Fsp3) is 0.130. The maximum Gasteiger partial charge on any atom is 0.260 e. The molecule has 0 saturated heterocycles. The van der Waals surface area contributed by atoms with Gasteiger partial charge in [0.15, 0.2) is 5.13 Å². The van der Waals surface area contributed by atoms with Gasteiger partial charge in [-0.25, -0.2) is 4.98 Å². The molecule has 0 radical (unpaired) electrons. The minimum Gasteiger partial charge on any atom is -0.279 e. The Morgan fingerprint density at radius 3 is 2.46 bits per heavy atom. The van der Waals surface area contributed by atoms with Gasteiger partial charge < -0.3 is 0 Å². The number of carbonyl (C=O) groups excluding carboxylic acids is 1. The molecule has 0 fully saturated rings. The molecule has 0 spiro atoms. The zero-order chi connectivity index (χ0) is 19.7. The van der Waals surface area contributed by atoms with Crippen LogP contribution in [-0.4, -0.2) is 10.9 Å². The monoisotopic (exact) mass is 406 g/mol. The Kier molecular flexibility index (Phi) is 5.16. The van der Waals surface area contributed by atoms with E-state index in [9.17, 15) is 4.79 Å². The summed E-state index contributed by atoms with van der Waals surface area (Å²) >= 11 is 7.55. The summed E-state index contributed by atoms with van der Waals surface area (Å²) in [7, 11) is 0. The number of carbonyl (C=O) groups is 1. The normalized spacial score (nSPS) is 11.0. The molecular formula is C23H19ClN2OS. The van der Waals surface area contributed by atoms with Gasteiger partial charge in [-0.05, 0) is 60.9 Å². The summed E-state index contributed by atoms with van der Waals surface area (Å²) in [5, 5.41) is 1.31. The summed E-state index contributed by atoms with van der Waals surface area (Å²) in [5.41, 5.74) is 4.92. The van der Waals surface area contributed by atoms with Gasteiger partial charge in [0.25, 0.3) is 5.91 Å². The molecule has 0 atom stereocenters. The molecule has 0 aliphatic carbocycles. The summed E-state index contributed by atoms with van der Waals surface area (Å²) in [6, 6.07) is 21.2. The number of hydrogen-bond acceptors (Lipinski definition) is 3. The standard InChI is InChI=1S/C23H19ClN2OS/c1-15-12-16(2)21-20(13-15)25-23(28-21)26(14-17-6-4-3-5-7-17)22(27)18-8-10-19(24)11-9-18/h3-13H,14H2,1-2H3. The van der Waals surface area contributed by atoms with Crippen molar-refractivity contribution in [1.82, 2.24) is 4.98 Å². The molecule has 0 aliphatic heterocycles. The van der Waals surface area contributed by atoms with Gasteiger partial charge in [-0.2, -0.15) is 0 Å². The van der Waals surface area contributed by atoms with Crippen LogP contribution >= 0.6 is 22.9 Å². The van der Waals surface area contributed by atoms with Crippen LogP contribution in [0.1, 0.15) is 27.0 Å². The van der Waals surface area contributed by atoms with E-state index in [1.165, 1.54) is 11.1 Å². The number of benzene rings is 3. The van der Waals surface area contributed by atoms with Crippen molar-refractivity contribution in [3.05, 3.63) is 94.0 Å². The maximum absolute atomic E-state index is 13.3. The third kappa shape index (κ3) is 3.79. The Morgan fingerprint density at radius 1 is 1.04 bits per heavy atom. The van der Waals surface area contributed by atoms with Crippen LogP contribution in [0.5, 0.6) is 0 Å². The van der Waals surface area contributed by atoms with E-state index in [4.69, 9.17) is 16.6 Å². The van der Waals surface area contributed by atoms with Crippen LogP contribution in [0.25, 0.3) is 10.2 Å². The molecule has 1 amide bonds. The number of thiazole rings is 1. The van der Waals surface area contributed by atoms with E-state index in [0.29, 0.717) is 22.3 Å². The summed E-state index contributed by atoms with van der Waals surface area (Å²) in [6.07, 6.45) is 0. The van der Waals surface area contributed by atoms with E-state index in [2.05, 4.69) is 26.0 Å². The van der Waals surface area contributed by atoms with Gasteiger partial charge in [0.1, 0.15) is 0 Å². The predicted octanol–water partition coefficient (Wildman–Crippen LogP) is 6.41. The number of amides is 1. The molecule has 1 heterocycles. The highest BCUT2D eigenvalue weighted by Crippen LogP contribution is 2.33. The molecule has 28 heavy (non-hydrogen) atoms. The van der Waals surface area contributed by atoms with Crippen molar-refractivity contribution >= 4 is 44.2 Å². The Balaban J connectivity index is 1.79. The number of aryl methyl sites for hydroxylation is 2. The fourth-order valence-electron chi connectivity index (χ4n) is 3.22. The summed E-state index contributed by atoms with van der Waals surface area (Å²) < 4.78 is 1.11. The highest BCUT2D eigenvalue weighted by molar-refractivity contribution is 7.22. The SMILES string of the molecule is Cc1cc(C)c2sc(N(Cc3ccccc3)C(=O)c3ccc(Cl)cc3)nc2c1. The smallest absolute Gasteiger partial charge is 0.260 e. The Morgan fingerprint density at radius 2 is 1.75 bits per heavy atom. The predicted molar refractivity (Wildman–Crippen MR) is 118 cm³/mol. The van der Waals surface area contributed by atoms with Gasteiger partial charge in [0.2, 0.25) is 0 Å². The van der Waals surface area contributed by atoms with Crippen LogP contribution in [0.3, 0.4) is 0 Å². The van der Waals surface area contributed by atoms with Gasteiger partial charge in [-0.3, -0.25) is 9.69 Å². The topological polar surface area (TPSA) is 33.2 Å². The quantitative estimate of drug-likeness (QED) is 0.392. The van der Waals surface area contributed by atoms with E-state index >= 15 is 0 Å². The zero-order valence-corrected chi connectivity index (χ0v) is 17.2. The first-order valence-corrected chi connectivity index (χ1v) is 10.2. The van der Waals surface area contributed by atoms with Gasteiger partial charge in [0.05, 0.1) is 16.8 Å². The molecule has 0 aliphatic rings. The van der Waals surface area contributed by atoms with Crippen LogP contribution in [0, 0.1) is 13.8 Å². The van der Waals surface area contributed by atoms with Crippen molar-refractivity contribution in [2.45, 2.75) is 20.4 Å². The van der Waals surface area contributed by atoms with Crippen LogP contribution < -0.4 is 4.90 Å². The van der Waals surface area contributed by atoms with Crippen molar-refractivity contribution in [2.24, 2.45) is 0 Å². The summed E-state index contributed by atoms with van der Waals surface area (Å²) in [4.78, 5) is 19.9. The Hall–Kier alpha value is -2.69. The van der Waals surface area contributed by atoms with Gasteiger partial charge >= 0.3 is 0 Å². The highest BCUT2D eigenvalue weighted by Gasteiger charge is 2.22. The fourth-order valence-corrected chi connectivity index (χ4v) is 4.36. The van der Waals surface area contributed by atoms with E-state index in [0.717, 1.165) is 15.8 Å². The second-order valence-electron chi connectivity index (χ2n) is 6.81. The zero-order valence-electron chi connectivity index (χ0n) is 15.6. The number of aromatic nitrogens is 1. The second-order valence-corrected chi connectivity index (χ2v) is 8.22. The summed E-state index contributed by atoms with van der Waals surface area (Å²) in [5.74, 6) is -0.0889. The van der Waals surface area contributed by atoms with Crippen molar-refractivity contribution in [3.8, 4) is 0 Å². The average Bonchev–Trinajstić information content (AvgIpc) is 3.11. The van der Waals surface area contributed by atoms with E-state index in [1.54, 1.807) is 40.5 Å². The molecule has 0 N–H and O–H groups in total. The number of anilines is 1. The minimum atomic E-state index is -0.0889. The Bertz CT molecular complexity index is 1140. The summed E-state index contributed by atoms with van der Waals surface area (Å²) in [6.45, 7) is 4.60. The van der Waals surface area contributed by atoms with E-state index < -0.39 is 0 Å². The van der Waals surface area contributed by atoms with Crippen molar-refractivity contribution in [1.29, 1.82) is 0 Å². The lowest BCUT2D eigenvalue weighted by Crippen LogP contribution is -2.30. The minimum absolute atomic E-state index is 0.0889. The molecule has 4 rings (SSSR count). The van der Waals surface area contributed by atoms with Crippen LogP contribution in [0.15, 0.2) is 66.7 Å². The van der Waals surface area contributed by atoms with Crippen LogP contribution in [0.2, 0.25) is 5.02 Å². The molecule has 4 aromatic rings. The lowest BCUT2D eigenvalue weighted by Gasteiger charge is -2.20. The van der Waals surface area contributed by atoms with Crippen LogP contribution in [-0.2, 0) is 6.54 Å².